The van der Waals surface area contributed by atoms with Crippen LogP contribution in [0.5, 0.6) is 11.5 Å². The van der Waals surface area contributed by atoms with Gasteiger partial charge in [0.2, 0.25) is 5.78 Å². The van der Waals surface area contributed by atoms with Gasteiger partial charge in [0, 0.05) is 17.5 Å². The number of phenolic OH excluding ortho intramolecular Hbond substituents is 1. The van der Waals surface area contributed by atoms with Gasteiger partial charge in [0.05, 0.1) is 32.0 Å². The van der Waals surface area contributed by atoms with E-state index in [2.05, 4.69) is 0 Å². The summed E-state index contributed by atoms with van der Waals surface area (Å²) in [6, 6.07) is 10.8. The predicted octanol–water partition coefficient (Wildman–Crippen LogP) is 3.01. The van der Waals surface area contributed by atoms with E-state index in [4.69, 9.17) is 14.6 Å². The summed E-state index contributed by atoms with van der Waals surface area (Å²) in [7, 11) is 2.70. The highest BCUT2D eigenvalue weighted by Gasteiger charge is 2.37. The number of aliphatic hydroxyl groups excluding tert-OH is 1. The monoisotopic (exact) mass is 394 g/mol. The number of fused-ring (bicyclic) bond motifs is 1. The molecule has 6 nitrogen and oxygen atoms in total. The van der Waals surface area contributed by atoms with Gasteiger partial charge in [-0.3, -0.25) is 9.59 Å². The van der Waals surface area contributed by atoms with Gasteiger partial charge in [-0.15, -0.1) is 0 Å². The molecule has 0 saturated heterocycles. The molecule has 1 aliphatic carbocycles. The summed E-state index contributed by atoms with van der Waals surface area (Å²) < 4.78 is 10.6. The minimum absolute atomic E-state index is 0.00375. The van der Waals surface area contributed by atoms with Crippen molar-refractivity contribution >= 4 is 11.6 Å². The van der Waals surface area contributed by atoms with Gasteiger partial charge in [0.1, 0.15) is 0 Å². The Hall–Kier alpha value is -3.38. The number of ketones is 2. The maximum absolute atomic E-state index is 13.3. The molecular weight excluding hydrogens is 372 g/mol. The highest BCUT2D eigenvalue weighted by molar-refractivity contribution is 6.27. The summed E-state index contributed by atoms with van der Waals surface area (Å²) in [6.45, 7) is -0.139. The predicted molar refractivity (Wildman–Crippen MR) is 107 cm³/mol. The summed E-state index contributed by atoms with van der Waals surface area (Å²) in [6.07, 6.45) is 3.67. The van der Waals surface area contributed by atoms with Crippen LogP contribution < -0.4 is 4.74 Å². The second-order valence-electron chi connectivity index (χ2n) is 6.53. The minimum atomic E-state index is -0.432. The number of carbonyl (C=O) groups is 2. The Bertz CT molecular complexity index is 1000. The van der Waals surface area contributed by atoms with E-state index in [0.717, 1.165) is 5.56 Å². The van der Waals surface area contributed by atoms with Crippen molar-refractivity contribution in [2.75, 3.05) is 20.8 Å². The third-order valence-electron chi connectivity index (χ3n) is 4.80. The van der Waals surface area contributed by atoms with Gasteiger partial charge in [-0.2, -0.15) is 0 Å². The average molecular weight is 394 g/mol. The smallest absolute Gasteiger partial charge is 0.228 e. The van der Waals surface area contributed by atoms with Crippen LogP contribution in [0.15, 0.2) is 59.9 Å². The number of rotatable bonds is 7. The molecule has 0 atom stereocenters. The van der Waals surface area contributed by atoms with Crippen molar-refractivity contribution in [3.05, 3.63) is 82.1 Å². The zero-order valence-corrected chi connectivity index (χ0v) is 16.3. The number of phenols is 1. The summed E-state index contributed by atoms with van der Waals surface area (Å²) in [4.78, 5) is 26.4. The number of ether oxygens (including phenoxy) is 2. The highest BCUT2D eigenvalue weighted by Crippen LogP contribution is 2.42. The molecule has 0 heterocycles. The molecule has 0 saturated carbocycles. The third-order valence-corrected chi connectivity index (χ3v) is 4.80. The molecule has 1 aliphatic rings. The number of Topliss-reactive ketones (excluding diaryl/α,β-unsaturated/α-hetero) is 2. The number of allylic oxidation sites excluding steroid dienone is 3. The van der Waals surface area contributed by atoms with E-state index < -0.39 is 11.6 Å². The lowest BCUT2D eigenvalue weighted by molar-refractivity contribution is 0.0901. The molecular formula is C23H22O6. The van der Waals surface area contributed by atoms with Crippen molar-refractivity contribution in [2.45, 2.75) is 12.8 Å². The van der Waals surface area contributed by atoms with Crippen molar-refractivity contribution in [2.24, 2.45) is 0 Å². The number of benzene rings is 2. The fourth-order valence-corrected chi connectivity index (χ4v) is 3.43. The number of carbonyl (C=O) groups excluding carboxylic acids is 2. The van der Waals surface area contributed by atoms with Gasteiger partial charge >= 0.3 is 0 Å². The van der Waals surface area contributed by atoms with E-state index in [9.17, 15) is 14.7 Å². The number of hydrogen-bond donors (Lipinski definition) is 2. The standard InChI is InChI=1S/C23H22O6/c1-28-22-17(12-14-8-4-3-5-9-14)20(26)18-16(21(22)27)13-15(10-6-7-11-24)19(25)23(18)29-2/h3-9,13,24-25H,10-12H2,1-2H3/b7-6+. The highest BCUT2D eigenvalue weighted by atomic mass is 16.5. The van der Waals surface area contributed by atoms with Gasteiger partial charge in [-0.1, -0.05) is 42.5 Å². The van der Waals surface area contributed by atoms with Gasteiger partial charge in [0.15, 0.2) is 23.0 Å². The van der Waals surface area contributed by atoms with E-state index in [-0.39, 0.29) is 53.4 Å². The SMILES string of the molecule is COC1=C(Cc2ccccc2)C(=O)c2c(cc(C/C=C/CO)c(O)c2OC)C1=O. The van der Waals surface area contributed by atoms with Crippen molar-refractivity contribution < 1.29 is 29.3 Å². The molecule has 0 unspecified atom stereocenters. The number of methoxy groups -OCH3 is 2. The summed E-state index contributed by atoms with van der Waals surface area (Å²) in [5.74, 6) is -1.08. The first-order chi connectivity index (χ1) is 14.0. The number of aromatic hydroxyl groups is 1. The van der Waals surface area contributed by atoms with Crippen LogP contribution in [0, 0.1) is 0 Å². The molecule has 0 fully saturated rings. The average Bonchev–Trinajstić information content (AvgIpc) is 2.73. The zero-order valence-electron chi connectivity index (χ0n) is 16.3. The molecule has 3 rings (SSSR count). The fourth-order valence-electron chi connectivity index (χ4n) is 3.43. The van der Waals surface area contributed by atoms with Crippen molar-refractivity contribution in [1.82, 2.24) is 0 Å². The van der Waals surface area contributed by atoms with E-state index in [0.29, 0.717) is 5.56 Å². The zero-order chi connectivity index (χ0) is 21.0. The number of hydrogen-bond acceptors (Lipinski definition) is 6. The molecule has 0 bridgehead atoms. The molecule has 150 valence electrons. The fraction of sp³-hybridized carbons (Fsp3) is 0.217. The quantitative estimate of drug-likeness (QED) is 0.702. The first-order valence-electron chi connectivity index (χ1n) is 9.12. The van der Waals surface area contributed by atoms with Crippen LogP contribution in [-0.2, 0) is 17.6 Å². The second-order valence-corrected chi connectivity index (χ2v) is 6.53. The van der Waals surface area contributed by atoms with Crippen LogP contribution in [-0.4, -0.2) is 42.6 Å². The Balaban J connectivity index is 2.14. The van der Waals surface area contributed by atoms with Gasteiger partial charge in [-0.05, 0) is 18.1 Å². The Morgan fingerprint density at radius 3 is 2.34 bits per heavy atom. The largest absolute Gasteiger partial charge is 0.504 e. The molecule has 6 heteroatoms. The van der Waals surface area contributed by atoms with Crippen LogP contribution >= 0.6 is 0 Å². The van der Waals surface area contributed by atoms with E-state index in [1.54, 1.807) is 6.08 Å². The second kappa shape index (κ2) is 8.75. The lowest BCUT2D eigenvalue weighted by atomic mass is 9.83. The van der Waals surface area contributed by atoms with E-state index in [1.165, 1.54) is 26.4 Å². The molecule has 2 N–H and O–H groups in total. The Kier molecular flexibility index (Phi) is 6.14. The normalized spacial score (nSPS) is 13.8. The molecule has 0 aliphatic heterocycles. The van der Waals surface area contributed by atoms with Gasteiger partial charge in [-0.25, -0.2) is 0 Å². The van der Waals surface area contributed by atoms with Crippen molar-refractivity contribution in [3.63, 3.8) is 0 Å². The van der Waals surface area contributed by atoms with Gasteiger partial charge in [0.25, 0.3) is 0 Å². The Morgan fingerprint density at radius 1 is 1.00 bits per heavy atom. The Morgan fingerprint density at radius 2 is 1.72 bits per heavy atom. The molecule has 2 aromatic rings. The maximum Gasteiger partial charge on any atom is 0.228 e. The minimum Gasteiger partial charge on any atom is -0.504 e. The summed E-state index contributed by atoms with van der Waals surface area (Å²) in [5.41, 5.74) is 1.66. The lowest BCUT2D eigenvalue weighted by Gasteiger charge is -2.23. The third kappa shape index (κ3) is 3.79. The molecule has 29 heavy (non-hydrogen) atoms. The first kappa shape index (κ1) is 20.4. The lowest BCUT2D eigenvalue weighted by Crippen LogP contribution is -2.25. The van der Waals surface area contributed by atoms with Crippen molar-refractivity contribution in [3.8, 4) is 11.5 Å². The number of aliphatic hydroxyl groups is 1. The van der Waals surface area contributed by atoms with Crippen LogP contribution in [0.2, 0.25) is 0 Å². The Labute approximate surface area is 168 Å². The first-order valence-corrected chi connectivity index (χ1v) is 9.12. The van der Waals surface area contributed by atoms with Gasteiger partial charge < -0.3 is 19.7 Å². The van der Waals surface area contributed by atoms with Crippen LogP contribution in [0.25, 0.3) is 0 Å². The van der Waals surface area contributed by atoms with E-state index >= 15 is 0 Å². The molecule has 0 radical (unpaired) electrons. The van der Waals surface area contributed by atoms with E-state index in [1.807, 2.05) is 30.3 Å². The van der Waals surface area contributed by atoms with Crippen molar-refractivity contribution in [1.29, 1.82) is 0 Å². The summed E-state index contributed by atoms with van der Waals surface area (Å²) >= 11 is 0. The summed E-state index contributed by atoms with van der Waals surface area (Å²) in [5, 5.41) is 19.5. The molecule has 0 aromatic heterocycles. The molecule has 0 amide bonds. The topological polar surface area (TPSA) is 93.1 Å². The van der Waals surface area contributed by atoms with Crippen LogP contribution in [0.4, 0.5) is 0 Å². The maximum atomic E-state index is 13.3. The molecule has 2 aromatic carbocycles. The molecule has 0 spiro atoms. The van der Waals surface area contributed by atoms with Crippen LogP contribution in [0.1, 0.15) is 31.8 Å². The van der Waals surface area contributed by atoms with Crippen LogP contribution in [0.3, 0.4) is 0 Å².